The monoisotopic (exact) mass is 288 g/mol. The standard InChI is InChI=1S/C10H13BrN2O3/c11-8-2-1-7(16-8)5-13-4-3-10(12,6-13)9(14)15/h1-2H,3-6,12H2,(H,14,15). The first-order valence-electron chi connectivity index (χ1n) is 4.98. The Morgan fingerprint density at radius 1 is 1.69 bits per heavy atom. The quantitative estimate of drug-likeness (QED) is 0.868. The van der Waals surface area contributed by atoms with Gasteiger partial charge in [0.1, 0.15) is 11.3 Å². The smallest absolute Gasteiger partial charge is 0.325 e. The van der Waals surface area contributed by atoms with E-state index in [-0.39, 0.29) is 0 Å². The van der Waals surface area contributed by atoms with Crippen LogP contribution in [0.1, 0.15) is 12.2 Å². The van der Waals surface area contributed by atoms with Crippen LogP contribution in [0.5, 0.6) is 0 Å². The minimum atomic E-state index is -1.11. The Hall–Kier alpha value is -0.850. The summed E-state index contributed by atoms with van der Waals surface area (Å²) < 4.78 is 6.04. The van der Waals surface area contributed by atoms with Crippen LogP contribution in [-0.2, 0) is 11.3 Å². The predicted molar refractivity (Wildman–Crippen MR) is 60.9 cm³/mol. The van der Waals surface area contributed by atoms with Crippen LogP contribution in [0.2, 0.25) is 0 Å². The van der Waals surface area contributed by atoms with Gasteiger partial charge in [-0.15, -0.1) is 0 Å². The SMILES string of the molecule is NC1(C(=O)O)CCN(Cc2ccc(Br)o2)C1. The van der Waals surface area contributed by atoms with Gasteiger partial charge in [-0.2, -0.15) is 0 Å². The van der Waals surface area contributed by atoms with Gasteiger partial charge in [0.05, 0.1) is 6.54 Å². The number of nitrogens with zero attached hydrogens (tertiary/aromatic N) is 1. The highest BCUT2D eigenvalue weighted by Crippen LogP contribution is 2.22. The van der Waals surface area contributed by atoms with Gasteiger partial charge in [-0.25, -0.2) is 0 Å². The van der Waals surface area contributed by atoms with Crippen molar-refractivity contribution in [3.05, 3.63) is 22.6 Å². The van der Waals surface area contributed by atoms with Crippen molar-refractivity contribution in [2.24, 2.45) is 5.73 Å². The van der Waals surface area contributed by atoms with Crippen molar-refractivity contribution in [2.45, 2.75) is 18.5 Å². The number of hydrogen-bond donors (Lipinski definition) is 2. The van der Waals surface area contributed by atoms with E-state index in [1.54, 1.807) is 0 Å². The second-order valence-electron chi connectivity index (χ2n) is 4.13. The van der Waals surface area contributed by atoms with Gasteiger partial charge in [-0.1, -0.05) is 0 Å². The molecule has 1 aromatic rings. The van der Waals surface area contributed by atoms with E-state index in [2.05, 4.69) is 15.9 Å². The molecule has 0 spiro atoms. The Bertz CT molecular complexity index is 407. The van der Waals surface area contributed by atoms with Gasteiger partial charge in [0.25, 0.3) is 0 Å². The van der Waals surface area contributed by atoms with E-state index in [1.165, 1.54) is 0 Å². The van der Waals surface area contributed by atoms with Crippen LogP contribution in [-0.4, -0.2) is 34.6 Å². The number of aliphatic carboxylic acids is 1. The molecule has 0 bridgehead atoms. The highest BCUT2D eigenvalue weighted by atomic mass is 79.9. The summed E-state index contributed by atoms with van der Waals surface area (Å²) in [5.74, 6) is -0.128. The number of rotatable bonds is 3. The van der Waals surface area contributed by atoms with E-state index in [0.717, 1.165) is 5.76 Å². The number of carboxylic acid groups (broad SMARTS) is 1. The summed E-state index contributed by atoms with van der Waals surface area (Å²) in [5, 5.41) is 8.98. The van der Waals surface area contributed by atoms with Crippen LogP contribution in [0.15, 0.2) is 21.2 Å². The number of carboxylic acids is 1. The molecule has 2 rings (SSSR count). The van der Waals surface area contributed by atoms with Crippen molar-refractivity contribution >= 4 is 21.9 Å². The topological polar surface area (TPSA) is 79.7 Å². The summed E-state index contributed by atoms with van der Waals surface area (Å²) in [6.45, 7) is 1.64. The first-order valence-corrected chi connectivity index (χ1v) is 5.78. The average Bonchev–Trinajstić information content (AvgIpc) is 2.75. The van der Waals surface area contributed by atoms with Crippen molar-refractivity contribution < 1.29 is 14.3 Å². The third kappa shape index (κ3) is 2.28. The molecule has 88 valence electrons. The highest BCUT2D eigenvalue weighted by Gasteiger charge is 2.41. The third-order valence-electron chi connectivity index (χ3n) is 2.81. The summed E-state index contributed by atoms with van der Waals surface area (Å²) in [6, 6.07) is 3.68. The lowest BCUT2D eigenvalue weighted by atomic mass is 10.0. The second-order valence-corrected chi connectivity index (χ2v) is 4.91. The Labute approximate surface area is 101 Å². The highest BCUT2D eigenvalue weighted by molar-refractivity contribution is 9.10. The molecule has 2 heterocycles. The molecule has 1 atom stereocenters. The van der Waals surface area contributed by atoms with Gasteiger partial charge in [0, 0.05) is 13.1 Å². The fourth-order valence-corrected chi connectivity index (χ4v) is 2.22. The fraction of sp³-hybridized carbons (Fsp3) is 0.500. The zero-order valence-corrected chi connectivity index (χ0v) is 10.2. The minimum absolute atomic E-state index is 0.362. The molecule has 1 aromatic heterocycles. The lowest BCUT2D eigenvalue weighted by Gasteiger charge is -2.19. The Morgan fingerprint density at radius 3 is 2.94 bits per heavy atom. The van der Waals surface area contributed by atoms with Gasteiger partial charge in [-0.05, 0) is 34.5 Å². The zero-order valence-electron chi connectivity index (χ0n) is 8.65. The van der Waals surface area contributed by atoms with Crippen LogP contribution in [0.4, 0.5) is 0 Å². The van der Waals surface area contributed by atoms with Crippen molar-refractivity contribution in [3.63, 3.8) is 0 Å². The molecule has 5 nitrogen and oxygen atoms in total. The number of carbonyl (C=O) groups is 1. The summed E-state index contributed by atoms with van der Waals surface area (Å²) in [6.07, 6.45) is 0.476. The third-order valence-corrected chi connectivity index (χ3v) is 3.24. The molecule has 0 saturated carbocycles. The van der Waals surface area contributed by atoms with Crippen molar-refractivity contribution in [3.8, 4) is 0 Å². The first kappa shape index (κ1) is 11.6. The maximum Gasteiger partial charge on any atom is 0.325 e. The number of halogens is 1. The summed E-state index contributed by atoms with van der Waals surface area (Å²) in [5.41, 5.74) is 4.66. The van der Waals surface area contributed by atoms with Gasteiger partial charge in [-0.3, -0.25) is 9.69 Å². The van der Waals surface area contributed by atoms with E-state index >= 15 is 0 Å². The van der Waals surface area contributed by atoms with Crippen LogP contribution in [0.25, 0.3) is 0 Å². The molecule has 1 aliphatic rings. The van der Waals surface area contributed by atoms with Crippen molar-refractivity contribution in [2.75, 3.05) is 13.1 Å². The Balaban J connectivity index is 1.97. The molecule has 0 amide bonds. The molecular weight excluding hydrogens is 276 g/mol. The van der Waals surface area contributed by atoms with Crippen LogP contribution in [0, 0.1) is 0 Å². The van der Waals surface area contributed by atoms with Gasteiger partial charge >= 0.3 is 5.97 Å². The van der Waals surface area contributed by atoms with E-state index in [1.807, 2.05) is 17.0 Å². The predicted octanol–water partition coefficient (Wildman–Crippen LogP) is 1.03. The minimum Gasteiger partial charge on any atom is -0.480 e. The zero-order chi connectivity index (χ0) is 11.8. The molecule has 1 saturated heterocycles. The molecule has 16 heavy (non-hydrogen) atoms. The molecule has 1 aliphatic heterocycles. The van der Waals surface area contributed by atoms with E-state index < -0.39 is 11.5 Å². The Kier molecular flexibility index (Phi) is 3.05. The lowest BCUT2D eigenvalue weighted by molar-refractivity contribution is -0.142. The van der Waals surface area contributed by atoms with Gasteiger partial charge < -0.3 is 15.3 Å². The molecule has 0 radical (unpaired) electrons. The summed E-state index contributed by atoms with van der Waals surface area (Å²) in [4.78, 5) is 12.9. The summed E-state index contributed by atoms with van der Waals surface area (Å²) in [7, 11) is 0. The largest absolute Gasteiger partial charge is 0.480 e. The van der Waals surface area contributed by atoms with Gasteiger partial charge in [0.15, 0.2) is 4.67 Å². The molecule has 3 N–H and O–H groups in total. The summed E-state index contributed by atoms with van der Waals surface area (Å²) >= 11 is 3.22. The molecule has 0 aliphatic carbocycles. The van der Waals surface area contributed by atoms with Crippen molar-refractivity contribution in [1.82, 2.24) is 4.90 Å². The van der Waals surface area contributed by atoms with Crippen LogP contribution >= 0.6 is 15.9 Å². The van der Waals surface area contributed by atoms with E-state index in [4.69, 9.17) is 15.3 Å². The molecular formula is C10H13BrN2O3. The Morgan fingerprint density at radius 2 is 2.44 bits per heavy atom. The fourth-order valence-electron chi connectivity index (χ4n) is 1.88. The molecule has 0 aromatic carbocycles. The second kappa shape index (κ2) is 4.20. The van der Waals surface area contributed by atoms with E-state index in [0.29, 0.717) is 30.7 Å². The number of likely N-dealkylation sites (tertiary alicyclic amines) is 1. The molecule has 1 fully saturated rings. The lowest BCUT2D eigenvalue weighted by Crippen LogP contribution is -2.49. The first-order chi connectivity index (χ1) is 7.49. The number of nitrogens with two attached hydrogens (primary N) is 1. The number of furan rings is 1. The van der Waals surface area contributed by atoms with E-state index in [9.17, 15) is 4.79 Å². The maximum atomic E-state index is 10.9. The van der Waals surface area contributed by atoms with Crippen LogP contribution < -0.4 is 5.73 Å². The molecule has 6 heteroatoms. The normalized spacial score (nSPS) is 26.1. The number of hydrogen-bond acceptors (Lipinski definition) is 4. The van der Waals surface area contributed by atoms with Crippen LogP contribution in [0.3, 0.4) is 0 Å². The van der Waals surface area contributed by atoms with Crippen molar-refractivity contribution in [1.29, 1.82) is 0 Å². The average molecular weight is 289 g/mol. The maximum absolute atomic E-state index is 10.9. The van der Waals surface area contributed by atoms with Gasteiger partial charge in [0.2, 0.25) is 0 Å². The molecule has 1 unspecified atom stereocenters.